The minimum Gasteiger partial charge on any atom is -0.350 e. The highest BCUT2D eigenvalue weighted by Crippen LogP contribution is 2.24. The maximum atomic E-state index is 4.82. The fourth-order valence-electron chi connectivity index (χ4n) is 2.80. The van der Waals surface area contributed by atoms with Crippen LogP contribution < -0.4 is 10.2 Å². The summed E-state index contributed by atoms with van der Waals surface area (Å²) in [5, 5.41) is 15.2. The summed E-state index contributed by atoms with van der Waals surface area (Å²) in [7, 11) is 3.81. The van der Waals surface area contributed by atoms with E-state index in [1.54, 1.807) is 0 Å². The second-order valence-corrected chi connectivity index (χ2v) is 6.38. The lowest BCUT2D eigenvalue weighted by molar-refractivity contribution is 0.883. The summed E-state index contributed by atoms with van der Waals surface area (Å²) in [6, 6.07) is 20.3. The largest absolute Gasteiger partial charge is 0.350 e. The van der Waals surface area contributed by atoms with Gasteiger partial charge in [-0.05, 0) is 12.1 Å². The number of rotatable bonds is 6. The third-order valence-electron chi connectivity index (χ3n) is 4.18. The van der Waals surface area contributed by atoms with Crippen LogP contribution in [0.5, 0.6) is 0 Å². The standard InChI is InChI=1S/C20H21N7/c1-26(2)20-22-19(23-24-20)21-13-16-14-27(17-11-7-4-8-12-17)25-18(16)15-9-5-3-6-10-15/h3-12,14H,13H2,1-2H3,(H2,21,22,23,24). The quantitative estimate of drug-likeness (QED) is 0.552. The maximum absolute atomic E-state index is 4.82. The van der Waals surface area contributed by atoms with Crippen molar-refractivity contribution >= 4 is 11.9 Å². The molecule has 0 saturated heterocycles. The van der Waals surface area contributed by atoms with E-state index in [0.717, 1.165) is 22.5 Å². The third kappa shape index (κ3) is 3.67. The molecule has 2 N–H and O–H groups in total. The molecule has 0 radical (unpaired) electrons. The summed E-state index contributed by atoms with van der Waals surface area (Å²) >= 11 is 0. The first-order chi connectivity index (χ1) is 13.2. The molecular formula is C20H21N7. The van der Waals surface area contributed by atoms with Crippen molar-refractivity contribution in [2.24, 2.45) is 0 Å². The van der Waals surface area contributed by atoms with Crippen LogP contribution in [-0.4, -0.2) is 39.1 Å². The summed E-state index contributed by atoms with van der Waals surface area (Å²) in [6.07, 6.45) is 2.05. The van der Waals surface area contributed by atoms with Gasteiger partial charge in [-0.3, -0.25) is 0 Å². The number of hydrogen-bond donors (Lipinski definition) is 2. The molecule has 0 fully saturated rings. The zero-order chi connectivity index (χ0) is 18.6. The lowest BCUT2D eigenvalue weighted by Gasteiger charge is -2.05. The van der Waals surface area contributed by atoms with Gasteiger partial charge >= 0.3 is 0 Å². The smallest absolute Gasteiger partial charge is 0.245 e. The lowest BCUT2D eigenvalue weighted by Crippen LogP contribution is -2.10. The van der Waals surface area contributed by atoms with Crippen molar-refractivity contribution in [2.75, 3.05) is 24.3 Å². The molecule has 27 heavy (non-hydrogen) atoms. The summed E-state index contributed by atoms with van der Waals surface area (Å²) in [5.74, 6) is 1.27. The van der Waals surface area contributed by atoms with Crippen molar-refractivity contribution in [2.45, 2.75) is 6.54 Å². The van der Waals surface area contributed by atoms with E-state index < -0.39 is 0 Å². The molecule has 0 aliphatic carbocycles. The number of para-hydroxylation sites is 1. The van der Waals surface area contributed by atoms with Crippen LogP contribution in [0, 0.1) is 0 Å². The molecule has 4 rings (SSSR count). The number of nitrogens with one attached hydrogen (secondary N) is 2. The molecule has 2 heterocycles. The van der Waals surface area contributed by atoms with Crippen molar-refractivity contribution in [3.63, 3.8) is 0 Å². The van der Waals surface area contributed by atoms with Gasteiger partial charge in [0.2, 0.25) is 11.9 Å². The molecule has 0 atom stereocenters. The van der Waals surface area contributed by atoms with Crippen LogP contribution in [-0.2, 0) is 6.54 Å². The molecule has 136 valence electrons. The molecule has 2 aromatic carbocycles. The number of benzene rings is 2. The van der Waals surface area contributed by atoms with E-state index in [9.17, 15) is 0 Å². The monoisotopic (exact) mass is 359 g/mol. The normalized spacial score (nSPS) is 10.7. The van der Waals surface area contributed by atoms with E-state index in [2.05, 4.69) is 32.6 Å². The lowest BCUT2D eigenvalue weighted by atomic mass is 10.1. The van der Waals surface area contributed by atoms with Crippen LogP contribution in [0.25, 0.3) is 16.9 Å². The Labute approximate surface area is 157 Å². The van der Waals surface area contributed by atoms with Crippen molar-refractivity contribution in [1.82, 2.24) is 25.0 Å². The molecule has 0 aliphatic rings. The molecule has 7 heteroatoms. The van der Waals surface area contributed by atoms with Gasteiger partial charge in [-0.25, -0.2) is 9.78 Å². The Hall–Kier alpha value is -3.61. The molecule has 0 saturated carbocycles. The zero-order valence-corrected chi connectivity index (χ0v) is 15.3. The van der Waals surface area contributed by atoms with Gasteiger partial charge in [0.05, 0.1) is 11.4 Å². The van der Waals surface area contributed by atoms with Gasteiger partial charge < -0.3 is 10.2 Å². The van der Waals surface area contributed by atoms with Gasteiger partial charge in [0.1, 0.15) is 0 Å². The zero-order valence-electron chi connectivity index (χ0n) is 15.3. The van der Waals surface area contributed by atoms with Gasteiger partial charge in [-0.2, -0.15) is 10.1 Å². The molecule has 0 amide bonds. The second kappa shape index (κ2) is 7.33. The van der Waals surface area contributed by atoms with Gasteiger partial charge in [0.25, 0.3) is 0 Å². The molecule has 0 aliphatic heterocycles. The fourth-order valence-corrected chi connectivity index (χ4v) is 2.80. The highest BCUT2D eigenvalue weighted by atomic mass is 15.4. The van der Waals surface area contributed by atoms with Crippen LogP contribution in [0.4, 0.5) is 11.9 Å². The topological polar surface area (TPSA) is 74.7 Å². The molecule has 2 aromatic heterocycles. The SMILES string of the molecule is CN(C)c1n[nH]c(NCc2cn(-c3ccccc3)nc2-c2ccccc2)n1. The van der Waals surface area contributed by atoms with E-state index in [1.165, 1.54) is 0 Å². The van der Waals surface area contributed by atoms with Gasteiger partial charge in [-0.15, -0.1) is 5.10 Å². The molecular weight excluding hydrogens is 338 g/mol. The van der Waals surface area contributed by atoms with Gasteiger partial charge in [0.15, 0.2) is 0 Å². The number of aromatic nitrogens is 5. The van der Waals surface area contributed by atoms with Gasteiger partial charge in [0, 0.05) is 38.0 Å². The Bertz CT molecular complexity index is 1000. The van der Waals surface area contributed by atoms with E-state index in [-0.39, 0.29) is 0 Å². The Kier molecular flexibility index (Phi) is 4.57. The van der Waals surface area contributed by atoms with Crippen molar-refractivity contribution in [3.05, 3.63) is 72.4 Å². The first-order valence-corrected chi connectivity index (χ1v) is 8.74. The van der Waals surface area contributed by atoms with E-state index in [1.807, 2.05) is 78.4 Å². The average molecular weight is 359 g/mol. The number of H-pyrrole nitrogens is 1. The summed E-state index contributed by atoms with van der Waals surface area (Å²) in [4.78, 5) is 6.26. The summed E-state index contributed by atoms with van der Waals surface area (Å²) < 4.78 is 1.91. The molecule has 4 aromatic rings. The maximum Gasteiger partial charge on any atom is 0.245 e. The number of nitrogens with zero attached hydrogens (tertiary/aromatic N) is 5. The van der Waals surface area contributed by atoms with Crippen LogP contribution in [0.15, 0.2) is 66.9 Å². The first-order valence-electron chi connectivity index (χ1n) is 8.74. The minimum atomic E-state index is 0.582. The Morgan fingerprint density at radius 1 is 1.00 bits per heavy atom. The fraction of sp³-hybridized carbons (Fsp3) is 0.150. The van der Waals surface area contributed by atoms with Crippen molar-refractivity contribution < 1.29 is 0 Å². The number of anilines is 2. The van der Waals surface area contributed by atoms with Crippen LogP contribution >= 0.6 is 0 Å². The van der Waals surface area contributed by atoms with Crippen molar-refractivity contribution in [1.29, 1.82) is 0 Å². The highest BCUT2D eigenvalue weighted by Gasteiger charge is 2.13. The van der Waals surface area contributed by atoms with E-state index in [0.29, 0.717) is 18.4 Å². The summed E-state index contributed by atoms with van der Waals surface area (Å²) in [6.45, 7) is 0.582. The highest BCUT2D eigenvalue weighted by molar-refractivity contribution is 5.63. The Morgan fingerprint density at radius 3 is 2.37 bits per heavy atom. The molecule has 0 bridgehead atoms. The minimum absolute atomic E-state index is 0.582. The van der Waals surface area contributed by atoms with Crippen LogP contribution in [0.1, 0.15) is 5.56 Å². The molecule has 0 unspecified atom stereocenters. The average Bonchev–Trinajstić information content (AvgIpc) is 3.35. The Balaban J connectivity index is 1.64. The van der Waals surface area contributed by atoms with Crippen LogP contribution in [0.2, 0.25) is 0 Å². The number of hydrogen-bond acceptors (Lipinski definition) is 5. The van der Waals surface area contributed by atoms with E-state index >= 15 is 0 Å². The Morgan fingerprint density at radius 2 is 1.70 bits per heavy atom. The van der Waals surface area contributed by atoms with E-state index in [4.69, 9.17) is 5.10 Å². The van der Waals surface area contributed by atoms with Crippen LogP contribution in [0.3, 0.4) is 0 Å². The second-order valence-electron chi connectivity index (χ2n) is 6.38. The predicted octanol–water partition coefficient (Wildman–Crippen LogP) is 3.34. The van der Waals surface area contributed by atoms with Crippen molar-refractivity contribution in [3.8, 4) is 16.9 Å². The molecule has 0 spiro atoms. The molecule has 7 nitrogen and oxygen atoms in total. The summed E-state index contributed by atoms with van der Waals surface area (Å²) in [5.41, 5.74) is 4.12. The first kappa shape index (κ1) is 16.8. The van der Waals surface area contributed by atoms with Gasteiger partial charge in [-0.1, -0.05) is 48.5 Å². The predicted molar refractivity (Wildman–Crippen MR) is 107 cm³/mol. The number of aromatic amines is 1. The third-order valence-corrected chi connectivity index (χ3v) is 4.18.